The van der Waals surface area contributed by atoms with E-state index in [1.165, 1.54) is 0 Å². The SMILES string of the molecule is O=C(O)COCC(=O)NCCCCn1ccnc1. The fraction of sp³-hybridized carbons (Fsp3) is 0.545. The summed E-state index contributed by atoms with van der Waals surface area (Å²) in [5.74, 6) is -1.37. The van der Waals surface area contributed by atoms with E-state index < -0.39 is 12.6 Å². The van der Waals surface area contributed by atoms with E-state index in [1.54, 1.807) is 12.5 Å². The first kappa shape index (κ1) is 14.2. The van der Waals surface area contributed by atoms with E-state index in [4.69, 9.17) is 5.11 Å². The van der Waals surface area contributed by atoms with Gasteiger partial charge in [-0.15, -0.1) is 0 Å². The van der Waals surface area contributed by atoms with Crippen LogP contribution in [0.15, 0.2) is 18.7 Å². The van der Waals surface area contributed by atoms with E-state index in [0.717, 1.165) is 19.4 Å². The van der Waals surface area contributed by atoms with Crippen LogP contribution in [0.1, 0.15) is 12.8 Å². The molecule has 0 saturated carbocycles. The van der Waals surface area contributed by atoms with Gasteiger partial charge in [-0.05, 0) is 12.8 Å². The number of aryl methyl sites for hydroxylation is 1. The molecule has 1 rings (SSSR count). The molecule has 2 N–H and O–H groups in total. The normalized spacial score (nSPS) is 10.2. The molecule has 0 spiro atoms. The summed E-state index contributed by atoms with van der Waals surface area (Å²) < 4.78 is 6.62. The van der Waals surface area contributed by atoms with Gasteiger partial charge in [0.25, 0.3) is 0 Å². The number of imidazole rings is 1. The Labute approximate surface area is 105 Å². The summed E-state index contributed by atoms with van der Waals surface area (Å²) in [4.78, 5) is 25.2. The average Bonchev–Trinajstić information content (AvgIpc) is 2.81. The molecule has 0 aliphatic heterocycles. The standard InChI is InChI=1S/C11H17N3O4/c15-10(7-18-8-11(16)17)13-3-1-2-5-14-6-4-12-9-14/h4,6,9H,1-3,5,7-8H2,(H,13,15)(H,16,17). The molecule has 100 valence electrons. The third-order valence-corrected chi connectivity index (χ3v) is 2.18. The van der Waals surface area contributed by atoms with Crippen molar-refractivity contribution >= 4 is 11.9 Å². The molecule has 1 aromatic rings. The number of aliphatic carboxylic acids is 1. The zero-order valence-corrected chi connectivity index (χ0v) is 10.0. The summed E-state index contributed by atoms with van der Waals surface area (Å²) in [6, 6.07) is 0. The van der Waals surface area contributed by atoms with Gasteiger partial charge in [0, 0.05) is 25.5 Å². The lowest BCUT2D eigenvalue weighted by atomic mass is 10.3. The topological polar surface area (TPSA) is 93.5 Å². The van der Waals surface area contributed by atoms with Crippen molar-refractivity contribution in [2.45, 2.75) is 19.4 Å². The third-order valence-electron chi connectivity index (χ3n) is 2.18. The second kappa shape index (κ2) is 8.24. The van der Waals surface area contributed by atoms with Gasteiger partial charge in [0.1, 0.15) is 13.2 Å². The molecule has 0 fully saturated rings. The number of nitrogens with one attached hydrogen (secondary N) is 1. The molecule has 7 heteroatoms. The molecule has 7 nitrogen and oxygen atoms in total. The maximum absolute atomic E-state index is 11.2. The fourth-order valence-corrected chi connectivity index (χ4v) is 1.35. The van der Waals surface area contributed by atoms with E-state index in [-0.39, 0.29) is 12.5 Å². The van der Waals surface area contributed by atoms with Crippen LogP contribution < -0.4 is 5.32 Å². The van der Waals surface area contributed by atoms with Crippen molar-refractivity contribution in [3.05, 3.63) is 18.7 Å². The monoisotopic (exact) mass is 255 g/mol. The molecule has 1 heterocycles. The Morgan fingerprint density at radius 1 is 1.33 bits per heavy atom. The number of hydrogen-bond donors (Lipinski definition) is 2. The number of carbonyl (C=O) groups excluding carboxylic acids is 1. The zero-order valence-electron chi connectivity index (χ0n) is 10.0. The van der Waals surface area contributed by atoms with Crippen LogP contribution in [0, 0.1) is 0 Å². The lowest BCUT2D eigenvalue weighted by molar-refractivity contribution is -0.143. The van der Waals surface area contributed by atoms with Gasteiger partial charge in [0.05, 0.1) is 6.33 Å². The van der Waals surface area contributed by atoms with Gasteiger partial charge in [-0.1, -0.05) is 0 Å². The molecule has 0 radical (unpaired) electrons. The Bertz CT molecular complexity index is 364. The molecule has 0 aliphatic rings. The Morgan fingerprint density at radius 3 is 2.83 bits per heavy atom. The summed E-state index contributed by atoms with van der Waals surface area (Å²) in [5, 5.41) is 11.0. The molecule has 0 saturated heterocycles. The molecule has 1 amide bonds. The third kappa shape index (κ3) is 6.64. The predicted molar refractivity (Wildman–Crippen MR) is 62.9 cm³/mol. The zero-order chi connectivity index (χ0) is 13.2. The molecule has 18 heavy (non-hydrogen) atoms. The highest BCUT2D eigenvalue weighted by Crippen LogP contribution is 1.93. The Balaban J connectivity index is 1.94. The number of aromatic nitrogens is 2. The van der Waals surface area contributed by atoms with Crippen molar-refractivity contribution in [2.75, 3.05) is 19.8 Å². The van der Waals surface area contributed by atoms with Crippen LogP contribution in [0.4, 0.5) is 0 Å². The number of hydrogen-bond acceptors (Lipinski definition) is 4. The number of carboxylic acid groups (broad SMARTS) is 1. The van der Waals surface area contributed by atoms with Crippen molar-refractivity contribution in [3.63, 3.8) is 0 Å². The maximum atomic E-state index is 11.2. The van der Waals surface area contributed by atoms with E-state index >= 15 is 0 Å². The van der Waals surface area contributed by atoms with Crippen LogP contribution in [0.5, 0.6) is 0 Å². The van der Waals surface area contributed by atoms with Crippen LogP contribution in [0.3, 0.4) is 0 Å². The second-order valence-corrected chi connectivity index (χ2v) is 3.74. The van der Waals surface area contributed by atoms with Crippen LogP contribution >= 0.6 is 0 Å². The molecule has 0 aromatic carbocycles. The molecule has 0 unspecified atom stereocenters. The lowest BCUT2D eigenvalue weighted by Gasteiger charge is -2.05. The van der Waals surface area contributed by atoms with Crippen LogP contribution in [0.25, 0.3) is 0 Å². The Kier molecular flexibility index (Phi) is 6.49. The van der Waals surface area contributed by atoms with Crippen molar-refractivity contribution in [3.8, 4) is 0 Å². The molecular formula is C11H17N3O4. The molecule has 1 aromatic heterocycles. The highest BCUT2D eigenvalue weighted by atomic mass is 16.5. The van der Waals surface area contributed by atoms with E-state index in [1.807, 2.05) is 10.8 Å². The number of nitrogens with zero attached hydrogens (tertiary/aromatic N) is 2. The number of carboxylic acids is 1. The number of rotatable bonds is 9. The first-order chi connectivity index (χ1) is 8.68. The van der Waals surface area contributed by atoms with Gasteiger partial charge < -0.3 is 19.7 Å². The van der Waals surface area contributed by atoms with Crippen molar-refractivity contribution in [2.24, 2.45) is 0 Å². The summed E-state index contributed by atoms with van der Waals surface area (Å²) in [6.07, 6.45) is 7.15. The van der Waals surface area contributed by atoms with Gasteiger partial charge in [0.2, 0.25) is 5.91 Å². The summed E-state index contributed by atoms with van der Waals surface area (Å²) in [6.45, 7) is 0.761. The number of unbranched alkanes of at least 4 members (excludes halogenated alkanes) is 1. The van der Waals surface area contributed by atoms with Crippen molar-refractivity contribution in [1.29, 1.82) is 0 Å². The van der Waals surface area contributed by atoms with E-state index in [0.29, 0.717) is 6.54 Å². The molecule has 0 atom stereocenters. The van der Waals surface area contributed by atoms with Crippen molar-refractivity contribution in [1.82, 2.24) is 14.9 Å². The summed E-state index contributed by atoms with van der Waals surface area (Å²) in [7, 11) is 0. The molecule has 0 bridgehead atoms. The number of carbonyl (C=O) groups is 2. The minimum absolute atomic E-state index is 0.214. The van der Waals surface area contributed by atoms with Crippen LogP contribution in [-0.2, 0) is 20.9 Å². The van der Waals surface area contributed by atoms with Crippen LogP contribution in [-0.4, -0.2) is 46.3 Å². The average molecular weight is 255 g/mol. The lowest BCUT2D eigenvalue weighted by Crippen LogP contribution is -2.29. The molecular weight excluding hydrogens is 238 g/mol. The Morgan fingerprint density at radius 2 is 2.17 bits per heavy atom. The quantitative estimate of drug-likeness (QED) is 0.600. The fourth-order valence-electron chi connectivity index (χ4n) is 1.35. The molecule has 0 aliphatic carbocycles. The van der Waals surface area contributed by atoms with E-state index in [2.05, 4.69) is 15.0 Å². The maximum Gasteiger partial charge on any atom is 0.329 e. The van der Waals surface area contributed by atoms with Gasteiger partial charge in [-0.3, -0.25) is 4.79 Å². The number of ether oxygens (including phenoxy) is 1. The number of amides is 1. The minimum Gasteiger partial charge on any atom is -0.480 e. The minimum atomic E-state index is -1.08. The summed E-state index contributed by atoms with van der Waals surface area (Å²) in [5.41, 5.74) is 0. The van der Waals surface area contributed by atoms with Gasteiger partial charge >= 0.3 is 5.97 Å². The second-order valence-electron chi connectivity index (χ2n) is 3.74. The van der Waals surface area contributed by atoms with E-state index in [9.17, 15) is 9.59 Å². The largest absolute Gasteiger partial charge is 0.480 e. The van der Waals surface area contributed by atoms with Gasteiger partial charge in [-0.25, -0.2) is 9.78 Å². The Hall–Kier alpha value is -1.89. The van der Waals surface area contributed by atoms with Crippen LogP contribution in [0.2, 0.25) is 0 Å². The van der Waals surface area contributed by atoms with Crippen molar-refractivity contribution < 1.29 is 19.4 Å². The first-order valence-corrected chi connectivity index (χ1v) is 5.70. The smallest absolute Gasteiger partial charge is 0.329 e. The predicted octanol–water partition coefficient (Wildman–Crippen LogP) is -0.119. The summed E-state index contributed by atoms with van der Waals surface area (Å²) >= 11 is 0. The highest BCUT2D eigenvalue weighted by molar-refractivity contribution is 5.77. The highest BCUT2D eigenvalue weighted by Gasteiger charge is 2.02. The van der Waals surface area contributed by atoms with Gasteiger partial charge in [0.15, 0.2) is 0 Å². The van der Waals surface area contributed by atoms with Gasteiger partial charge in [-0.2, -0.15) is 0 Å². The first-order valence-electron chi connectivity index (χ1n) is 5.70.